The van der Waals surface area contributed by atoms with Crippen LogP contribution in [0.1, 0.15) is 20.7 Å². The van der Waals surface area contributed by atoms with Crippen molar-refractivity contribution in [2.24, 2.45) is 5.73 Å². The summed E-state index contributed by atoms with van der Waals surface area (Å²) < 4.78 is 0. The number of pyridine rings is 2. The van der Waals surface area contributed by atoms with E-state index in [0.717, 1.165) is 43.1 Å². The summed E-state index contributed by atoms with van der Waals surface area (Å²) in [6, 6.07) is 16.2. The summed E-state index contributed by atoms with van der Waals surface area (Å²) in [5.41, 5.74) is 9.63. The number of carboxylic acid groups (broad SMARTS) is 1. The van der Waals surface area contributed by atoms with Gasteiger partial charge in [-0.15, -0.1) is 0 Å². The number of nitrogens with two attached hydrogens (primary N) is 1. The number of piperazine rings is 1. The van der Waals surface area contributed by atoms with Crippen LogP contribution in [0.2, 0.25) is 0 Å². The Morgan fingerprint density at radius 1 is 1.00 bits per heavy atom. The first-order valence-corrected chi connectivity index (χ1v) is 11.2. The largest absolute Gasteiger partial charge is 0.478 e. The highest BCUT2D eigenvalue weighted by Crippen LogP contribution is 2.33. The molecule has 35 heavy (non-hydrogen) atoms. The number of primary amides is 1. The van der Waals surface area contributed by atoms with Crippen LogP contribution in [-0.2, 0) is 0 Å². The van der Waals surface area contributed by atoms with Crippen molar-refractivity contribution in [1.82, 2.24) is 15.3 Å². The van der Waals surface area contributed by atoms with Crippen molar-refractivity contribution in [2.45, 2.75) is 0 Å². The van der Waals surface area contributed by atoms with Gasteiger partial charge in [0.1, 0.15) is 5.82 Å². The van der Waals surface area contributed by atoms with E-state index in [1.807, 2.05) is 30.5 Å². The Bertz CT molecular complexity index is 1430. The first kappa shape index (κ1) is 22.3. The number of fused-ring (bicyclic) bond motifs is 1. The smallest absolute Gasteiger partial charge is 0.335 e. The molecular weight excluding hydrogens is 444 g/mol. The number of benzene rings is 2. The van der Waals surface area contributed by atoms with Crippen LogP contribution in [0.25, 0.3) is 22.0 Å². The second-order valence-corrected chi connectivity index (χ2v) is 8.29. The summed E-state index contributed by atoms with van der Waals surface area (Å²) >= 11 is 0. The van der Waals surface area contributed by atoms with Crippen molar-refractivity contribution < 1.29 is 14.7 Å². The predicted molar refractivity (Wildman–Crippen MR) is 135 cm³/mol. The lowest BCUT2D eigenvalue weighted by Gasteiger charge is -2.28. The van der Waals surface area contributed by atoms with E-state index in [2.05, 4.69) is 31.6 Å². The van der Waals surface area contributed by atoms with Gasteiger partial charge in [-0.2, -0.15) is 0 Å². The molecule has 4 aromatic rings. The van der Waals surface area contributed by atoms with Crippen molar-refractivity contribution in [3.05, 3.63) is 78.1 Å². The van der Waals surface area contributed by atoms with Crippen molar-refractivity contribution in [2.75, 3.05) is 36.4 Å². The summed E-state index contributed by atoms with van der Waals surface area (Å²) in [7, 11) is 0. The molecule has 0 radical (unpaired) electrons. The standard InChI is InChI=1S/C26H24N6O3/c27-25(33)21-15-30-22-13-16(17-6-7-29-23(14-17)32-10-8-28-9-11-32)4-5-20(22)24(21)31-19-3-1-2-18(12-19)26(34)35/h1-7,12-15,28H,8-11H2,(H2,27,33)(H,30,31)(H,34,35). The van der Waals surface area contributed by atoms with E-state index < -0.39 is 11.9 Å². The number of carbonyl (C=O) groups is 2. The van der Waals surface area contributed by atoms with Gasteiger partial charge in [-0.3, -0.25) is 9.78 Å². The molecule has 9 heteroatoms. The summed E-state index contributed by atoms with van der Waals surface area (Å²) in [4.78, 5) is 34.8. The van der Waals surface area contributed by atoms with Gasteiger partial charge in [0, 0.05) is 49.6 Å². The van der Waals surface area contributed by atoms with E-state index in [0.29, 0.717) is 22.3 Å². The molecule has 1 amide bonds. The molecule has 0 unspecified atom stereocenters. The fourth-order valence-corrected chi connectivity index (χ4v) is 4.23. The zero-order valence-electron chi connectivity index (χ0n) is 18.9. The van der Waals surface area contributed by atoms with E-state index in [-0.39, 0.29) is 11.1 Å². The molecule has 5 N–H and O–H groups in total. The van der Waals surface area contributed by atoms with E-state index in [1.54, 1.807) is 12.1 Å². The Morgan fingerprint density at radius 2 is 1.80 bits per heavy atom. The first-order chi connectivity index (χ1) is 17.0. The predicted octanol–water partition coefficient (Wildman–Crippen LogP) is 3.25. The van der Waals surface area contributed by atoms with E-state index in [9.17, 15) is 14.7 Å². The average molecular weight is 469 g/mol. The first-order valence-electron chi connectivity index (χ1n) is 11.2. The summed E-state index contributed by atoms with van der Waals surface area (Å²) in [5.74, 6) is -0.734. The van der Waals surface area contributed by atoms with Crippen LogP contribution >= 0.6 is 0 Å². The van der Waals surface area contributed by atoms with Gasteiger partial charge < -0.3 is 26.4 Å². The molecule has 1 aliphatic rings. The van der Waals surface area contributed by atoms with Crippen LogP contribution in [-0.4, -0.2) is 53.1 Å². The molecule has 5 rings (SSSR count). The zero-order valence-corrected chi connectivity index (χ0v) is 18.9. The number of hydrogen-bond acceptors (Lipinski definition) is 7. The van der Waals surface area contributed by atoms with Crippen LogP contribution < -0.4 is 21.3 Å². The van der Waals surface area contributed by atoms with Crippen LogP contribution in [0.5, 0.6) is 0 Å². The number of carbonyl (C=O) groups excluding carboxylic acids is 1. The number of nitrogens with zero attached hydrogens (tertiary/aromatic N) is 3. The number of amides is 1. The normalized spacial score (nSPS) is 13.5. The molecule has 0 atom stereocenters. The molecule has 3 heterocycles. The minimum Gasteiger partial charge on any atom is -0.478 e. The minimum absolute atomic E-state index is 0.134. The Hall–Kier alpha value is -4.50. The third-order valence-corrected chi connectivity index (χ3v) is 6.03. The van der Waals surface area contributed by atoms with Crippen LogP contribution in [0.3, 0.4) is 0 Å². The van der Waals surface area contributed by atoms with E-state index in [1.165, 1.54) is 18.3 Å². The Balaban J connectivity index is 1.54. The molecule has 176 valence electrons. The second-order valence-electron chi connectivity index (χ2n) is 8.29. The second kappa shape index (κ2) is 9.40. The van der Waals surface area contributed by atoms with Crippen molar-refractivity contribution in [3.63, 3.8) is 0 Å². The molecule has 1 fully saturated rings. The summed E-state index contributed by atoms with van der Waals surface area (Å²) in [6.07, 6.45) is 3.25. The Kier molecular flexibility index (Phi) is 5.99. The van der Waals surface area contributed by atoms with Gasteiger partial charge in [0.2, 0.25) is 0 Å². The minimum atomic E-state index is -1.04. The fourth-order valence-electron chi connectivity index (χ4n) is 4.23. The van der Waals surface area contributed by atoms with Gasteiger partial charge in [-0.1, -0.05) is 18.2 Å². The molecule has 1 aliphatic heterocycles. The number of anilines is 3. The summed E-state index contributed by atoms with van der Waals surface area (Å²) in [5, 5.41) is 16.5. The topological polar surface area (TPSA) is 133 Å². The molecule has 0 aliphatic carbocycles. The Labute approximate surface area is 201 Å². The van der Waals surface area contributed by atoms with Gasteiger partial charge >= 0.3 is 5.97 Å². The molecular formula is C26H24N6O3. The highest BCUT2D eigenvalue weighted by molar-refractivity contribution is 6.08. The van der Waals surface area contributed by atoms with Gasteiger partial charge in [-0.25, -0.2) is 9.78 Å². The van der Waals surface area contributed by atoms with Crippen LogP contribution in [0.15, 0.2) is 67.0 Å². The number of carboxylic acids is 1. The van der Waals surface area contributed by atoms with Crippen molar-refractivity contribution >= 4 is 40.0 Å². The number of aromatic nitrogens is 2. The van der Waals surface area contributed by atoms with Gasteiger partial charge in [0.05, 0.1) is 22.3 Å². The number of nitrogens with one attached hydrogen (secondary N) is 2. The molecule has 0 bridgehead atoms. The van der Waals surface area contributed by atoms with Crippen molar-refractivity contribution in [3.8, 4) is 11.1 Å². The highest BCUT2D eigenvalue weighted by atomic mass is 16.4. The van der Waals surface area contributed by atoms with Gasteiger partial charge in [0.25, 0.3) is 5.91 Å². The third kappa shape index (κ3) is 4.62. The Morgan fingerprint density at radius 3 is 2.57 bits per heavy atom. The van der Waals surface area contributed by atoms with Crippen LogP contribution in [0.4, 0.5) is 17.2 Å². The molecule has 1 saturated heterocycles. The lowest BCUT2D eigenvalue weighted by Crippen LogP contribution is -2.43. The quantitative estimate of drug-likeness (QED) is 0.339. The van der Waals surface area contributed by atoms with Gasteiger partial charge in [-0.05, 0) is 47.5 Å². The maximum atomic E-state index is 12.1. The molecule has 2 aromatic carbocycles. The van der Waals surface area contributed by atoms with E-state index in [4.69, 9.17) is 5.73 Å². The average Bonchev–Trinajstić information content (AvgIpc) is 2.89. The molecule has 0 saturated carbocycles. The molecule has 9 nitrogen and oxygen atoms in total. The third-order valence-electron chi connectivity index (χ3n) is 6.03. The fraction of sp³-hybridized carbons (Fsp3) is 0.154. The SMILES string of the molecule is NC(=O)c1cnc2cc(-c3ccnc(N4CCNCC4)c3)ccc2c1Nc1cccc(C(=O)O)c1. The number of aromatic carboxylic acids is 1. The van der Waals surface area contributed by atoms with Gasteiger partial charge in [0.15, 0.2) is 0 Å². The lowest BCUT2D eigenvalue weighted by atomic mass is 10.0. The van der Waals surface area contributed by atoms with E-state index >= 15 is 0 Å². The zero-order chi connectivity index (χ0) is 24.4. The maximum Gasteiger partial charge on any atom is 0.335 e. The number of hydrogen-bond donors (Lipinski definition) is 4. The maximum absolute atomic E-state index is 12.1. The van der Waals surface area contributed by atoms with Crippen molar-refractivity contribution in [1.29, 1.82) is 0 Å². The lowest BCUT2D eigenvalue weighted by molar-refractivity contribution is 0.0696. The molecule has 0 spiro atoms. The van der Waals surface area contributed by atoms with Crippen LogP contribution in [0, 0.1) is 0 Å². The number of rotatable bonds is 6. The highest BCUT2D eigenvalue weighted by Gasteiger charge is 2.16. The summed E-state index contributed by atoms with van der Waals surface area (Å²) in [6.45, 7) is 3.67. The monoisotopic (exact) mass is 468 g/mol. The molecule has 2 aromatic heterocycles.